The van der Waals surface area contributed by atoms with Gasteiger partial charge < -0.3 is 37.1 Å². The molecule has 3 aromatic rings. The molecule has 8 N–H and O–H groups in total. The van der Waals surface area contributed by atoms with E-state index in [1.807, 2.05) is 24.3 Å². The normalized spacial score (nSPS) is 12.2. The predicted molar refractivity (Wildman–Crippen MR) is 187 cm³/mol. The zero-order valence-electron chi connectivity index (χ0n) is 27.2. The molecule has 48 heavy (non-hydrogen) atoms. The van der Waals surface area contributed by atoms with E-state index in [1.165, 1.54) is 6.07 Å². The van der Waals surface area contributed by atoms with Crippen LogP contribution in [0.15, 0.2) is 42.5 Å². The first-order valence-electron chi connectivity index (χ1n) is 16.1. The van der Waals surface area contributed by atoms with E-state index in [0.717, 1.165) is 50.5 Å². The lowest BCUT2D eigenvalue weighted by Crippen LogP contribution is -2.14. The SMILES string of the molecule is CC(CCCC(=O)COc1ccc(CCCCCC(=N)CC(=O)c2nc(Cl)c(N)nc2N)cc1)CC[C@H](O)c1ccc(O)c(NC=O)c1. The first-order chi connectivity index (χ1) is 23.0. The number of aryl methyl sites for hydroxylation is 1. The molecular formula is C35H45ClN6O6. The van der Waals surface area contributed by atoms with Gasteiger partial charge in [-0.3, -0.25) is 14.4 Å². The number of aliphatic hydroxyl groups excluding tert-OH is 1. The smallest absolute Gasteiger partial charge is 0.211 e. The summed E-state index contributed by atoms with van der Waals surface area (Å²) in [6.07, 6.45) is 6.94. The number of rotatable bonds is 22. The van der Waals surface area contributed by atoms with Crippen LogP contribution in [0.1, 0.15) is 98.9 Å². The van der Waals surface area contributed by atoms with Gasteiger partial charge in [-0.2, -0.15) is 0 Å². The number of carbonyl (C=O) groups is 3. The van der Waals surface area contributed by atoms with Crippen LogP contribution in [0.3, 0.4) is 0 Å². The zero-order chi connectivity index (χ0) is 35.1. The van der Waals surface area contributed by atoms with Crippen molar-refractivity contribution in [3.8, 4) is 11.5 Å². The molecule has 12 nitrogen and oxygen atoms in total. The van der Waals surface area contributed by atoms with Crippen molar-refractivity contribution in [1.29, 1.82) is 5.41 Å². The number of aromatic nitrogens is 2. The number of nitrogen functional groups attached to an aromatic ring is 2. The zero-order valence-corrected chi connectivity index (χ0v) is 28.0. The molecule has 0 spiro atoms. The maximum Gasteiger partial charge on any atom is 0.211 e. The lowest BCUT2D eigenvalue weighted by Gasteiger charge is -2.16. The summed E-state index contributed by atoms with van der Waals surface area (Å²) in [4.78, 5) is 43.2. The predicted octanol–water partition coefficient (Wildman–Crippen LogP) is 6.23. The molecule has 2 atom stereocenters. The number of amides is 1. The number of nitrogens with one attached hydrogen (secondary N) is 2. The number of carbonyl (C=O) groups excluding carboxylic acids is 3. The van der Waals surface area contributed by atoms with Crippen LogP contribution in [0.25, 0.3) is 0 Å². The Kier molecular flexibility index (Phi) is 15.3. The highest BCUT2D eigenvalue weighted by molar-refractivity contribution is 6.31. The Balaban J connectivity index is 1.25. The van der Waals surface area contributed by atoms with Crippen molar-refractivity contribution in [2.45, 2.75) is 83.7 Å². The minimum absolute atomic E-state index is 0.0173. The van der Waals surface area contributed by atoms with E-state index in [4.69, 9.17) is 33.2 Å². The van der Waals surface area contributed by atoms with E-state index in [9.17, 15) is 24.6 Å². The molecule has 0 fully saturated rings. The summed E-state index contributed by atoms with van der Waals surface area (Å²) in [5, 5.41) is 30.8. The summed E-state index contributed by atoms with van der Waals surface area (Å²) in [6.45, 7) is 2.11. The Morgan fingerprint density at radius 3 is 2.48 bits per heavy atom. The molecule has 1 aromatic heterocycles. The number of aromatic hydroxyl groups is 1. The number of hydrogen-bond donors (Lipinski definition) is 6. The first kappa shape index (κ1) is 37.9. The molecule has 13 heteroatoms. The largest absolute Gasteiger partial charge is 0.506 e. The number of phenols is 1. The van der Waals surface area contributed by atoms with Gasteiger partial charge in [0.25, 0.3) is 0 Å². The molecule has 258 valence electrons. The van der Waals surface area contributed by atoms with Gasteiger partial charge >= 0.3 is 0 Å². The highest BCUT2D eigenvalue weighted by atomic mass is 35.5. The van der Waals surface area contributed by atoms with Gasteiger partial charge in [0.2, 0.25) is 6.41 Å². The Bertz CT molecular complexity index is 1550. The lowest BCUT2D eigenvalue weighted by molar-refractivity contribution is -0.121. The molecule has 0 aliphatic rings. The van der Waals surface area contributed by atoms with Crippen LogP contribution >= 0.6 is 11.6 Å². The van der Waals surface area contributed by atoms with Crippen molar-refractivity contribution in [2.24, 2.45) is 5.92 Å². The number of ketones is 2. The van der Waals surface area contributed by atoms with Gasteiger partial charge in [-0.1, -0.05) is 49.6 Å². The highest BCUT2D eigenvalue weighted by Gasteiger charge is 2.18. The number of phenolic OH excluding ortho intramolecular Hbond substituents is 1. The Hall–Kier alpha value is -4.55. The van der Waals surface area contributed by atoms with E-state index in [2.05, 4.69) is 22.2 Å². The van der Waals surface area contributed by atoms with E-state index in [1.54, 1.807) is 12.1 Å². The fourth-order valence-corrected chi connectivity index (χ4v) is 5.31. The lowest BCUT2D eigenvalue weighted by atomic mass is 9.94. The van der Waals surface area contributed by atoms with Crippen molar-refractivity contribution >= 4 is 52.6 Å². The number of halogens is 1. The molecular weight excluding hydrogens is 636 g/mol. The molecule has 1 heterocycles. The van der Waals surface area contributed by atoms with Gasteiger partial charge in [-0.25, -0.2) is 9.97 Å². The average molecular weight is 681 g/mol. The van der Waals surface area contributed by atoms with Crippen LogP contribution < -0.4 is 21.5 Å². The molecule has 0 radical (unpaired) electrons. The molecule has 0 saturated heterocycles. The fraction of sp³-hybridized carbons (Fsp3) is 0.429. The highest BCUT2D eigenvalue weighted by Crippen LogP contribution is 2.30. The Morgan fingerprint density at radius 2 is 1.75 bits per heavy atom. The fourth-order valence-electron chi connectivity index (χ4n) is 5.19. The summed E-state index contributed by atoms with van der Waals surface area (Å²) in [5.41, 5.74) is 13.5. The molecule has 0 aliphatic heterocycles. The van der Waals surface area contributed by atoms with E-state index < -0.39 is 11.9 Å². The van der Waals surface area contributed by atoms with Crippen molar-refractivity contribution in [3.05, 3.63) is 64.4 Å². The minimum Gasteiger partial charge on any atom is -0.506 e. The van der Waals surface area contributed by atoms with Crippen molar-refractivity contribution in [3.63, 3.8) is 0 Å². The third kappa shape index (κ3) is 12.6. The number of ether oxygens (including phenoxy) is 1. The van der Waals surface area contributed by atoms with Crippen LogP contribution in [-0.2, 0) is 16.0 Å². The second kappa shape index (κ2) is 19.3. The van der Waals surface area contributed by atoms with Gasteiger partial charge in [0.05, 0.1) is 18.2 Å². The summed E-state index contributed by atoms with van der Waals surface area (Å²) < 4.78 is 5.69. The third-order valence-electron chi connectivity index (χ3n) is 8.02. The summed E-state index contributed by atoms with van der Waals surface area (Å²) in [7, 11) is 0. The van der Waals surface area contributed by atoms with Gasteiger partial charge in [0.1, 0.15) is 18.1 Å². The van der Waals surface area contributed by atoms with Crippen LogP contribution in [0, 0.1) is 11.3 Å². The number of hydrogen-bond acceptors (Lipinski definition) is 11. The van der Waals surface area contributed by atoms with Gasteiger partial charge in [-0.05, 0) is 86.3 Å². The number of unbranched alkanes of at least 4 members (excludes halogenated alkanes) is 2. The molecule has 1 amide bonds. The van der Waals surface area contributed by atoms with E-state index in [-0.39, 0.29) is 52.7 Å². The van der Waals surface area contributed by atoms with Crippen LogP contribution in [0.4, 0.5) is 17.3 Å². The number of aliphatic hydroxyl groups is 1. The molecule has 0 saturated carbocycles. The standard InChI is InChI=1S/C35H45ClN6O6/c1-22(10-16-29(45)24-13-17-30(46)28(18-24)40-21-43)6-5-9-26(44)20-48-27-14-11-23(12-15-27)7-3-2-4-8-25(37)19-31(47)32-34(38)42-35(39)33(36)41-32/h11-15,17-18,21-22,29,37,45-46H,2-10,16,19-20H2,1H3,(H,40,43)(H4,38,39,42)/t22?,29-/m0/s1. The van der Waals surface area contributed by atoms with Crippen molar-refractivity contribution < 1.29 is 29.3 Å². The first-order valence-corrected chi connectivity index (χ1v) is 16.5. The number of benzene rings is 2. The van der Waals surface area contributed by atoms with Crippen LogP contribution in [-0.4, -0.2) is 50.5 Å². The van der Waals surface area contributed by atoms with E-state index >= 15 is 0 Å². The second-order valence-electron chi connectivity index (χ2n) is 12.0. The number of nitrogens with two attached hydrogens (primary N) is 2. The van der Waals surface area contributed by atoms with Crippen LogP contribution in [0.5, 0.6) is 11.5 Å². The summed E-state index contributed by atoms with van der Waals surface area (Å²) in [6, 6.07) is 12.3. The second-order valence-corrected chi connectivity index (χ2v) is 12.4. The van der Waals surface area contributed by atoms with E-state index in [0.29, 0.717) is 48.6 Å². The van der Waals surface area contributed by atoms with Gasteiger partial charge in [-0.15, -0.1) is 0 Å². The number of nitrogens with zero attached hydrogens (tertiary/aromatic N) is 2. The molecule has 2 aromatic carbocycles. The maximum atomic E-state index is 12.4. The van der Waals surface area contributed by atoms with Gasteiger partial charge in [0, 0.05) is 12.1 Å². The topological polar surface area (TPSA) is 215 Å². The average Bonchev–Trinajstić information content (AvgIpc) is 3.05. The number of anilines is 3. The Morgan fingerprint density at radius 1 is 1.00 bits per heavy atom. The summed E-state index contributed by atoms with van der Waals surface area (Å²) in [5.74, 6) is 0.384. The summed E-state index contributed by atoms with van der Waals surface area (Å²) >= 11 is 5.84. The maximum absolute atomic E-state index is 12.4. The minimum atomic E-state index is -0.717. The van der Waals surface area contributed by atoms with Crippen molar-refractivity contribution in [2.75, 3.05) is 23.4 Å². The third-order valence-corrected chi connectivity index (χ3v) is 8.29. The molecule has 0 bridgehead atoms. The molecule has 1 unspecified atom stereocenters. The monoisotopic (exact) mass is 680 g/mol. The van der Waals surface area contributed by atoms with Crippen LogP contribution in [0.2, 0.25) is 5.15 Å². The molecule has 3 rings (SSSR count). The number of Topliss-reactive ketones (excluding diaryl/α,β-unsaturated/α-hetero) is 2. The molecule has 0 aliphatic carbocycles. The van der Waals surface area contributed by atoms with Gasteiger partial charge in [0.15, 0.2) is 34.0 Å². The Labute approximate surface area is 285 Å². The van der Waals surface area contributed by atoms with Crippen molar-refractivity contribution in [1.82, 2.24) is 9.97 Å². The quantitative estimate of drug-likeness (QED) is 0.0231.